The van der Waals surface area contributed by atoms with E-state index in [9.17, 15) is 8.42 Å². The molecule has 0 aliphatic heterocycles. The number of sulfonamides is 1. The zero-order valence-corrected chi connectivity index (χ0v) is 13.5. The van der Waals surface area contributed by atoms with Gasteiger partial charge in [-0.1, -0.05) is 43.3 Å². The number of likely N-dealkylation sites (N-methyl/N-ethyl adjacent to an activating group) is 1. The fourth-order valence-electron chi connectivity index (χ4n) is 2.35. The van der Waals surface area contributed by atoms with E-state index in [-0.39, 0.29) is 6.54 Å². The second-order valence-electron chi connectivity index (χ2n) is 5.50. The van der Waals surface area contributed by atoms with E-state index in [1.54, 1.807) is 19.2 Å². The minimum atomic E-state index is -3.59. The molecule has 21 heavy (non-hydrogen) atoms. The summed E-state index contributed by atoms with van der Waals surface area (Å²) in [4.78, 5) is 0.330. The van der Waals surface area contributed by atoms with Crippen molar-refractivity contribution in [3.05, 3.63) is 42.5 Å². The molecule has 114 valence electrons. The Hall–Kier alpha value is -1.43. The Morgan fingerprint density at radius 3 is 2.38 bits per heavy atom. The molecule has 2 aromatic rings. The third-order valence-corrected chi connectivity index (χ3v) is 6.42. The standard InChI is InChI=1S/C16H22N2O2S/c1-4-16(2,12-17)18(3)21(19,20)15-11-7-9-13-8-5-6-10-14(13)15/h5-11H,4,12,17H2,1-3H3. The van der Waals surface area contributed by atoms with Crippen LogP contribution in [0.1, 0.15) is 20.3 Å². The van der Waals surface area contributed by atoms with Crippen molar-refractivity contribution in [2.75, 3.05) is 13.6 Å². The third kappa shape index (κ3) is 2.69. The van der Waals surface area contributed by atoms with Crippen LogP contribution in [0.3, 0.4) is 0 Å². The van der Waals surface area contributed by atoms with Gasteiger partial charge < -0.3 is 5.73 Å². The van der Waals surface area contributed by atoms with Crippen molar-refractivity contribution < 1.29 is 8.42 Å². The molecule has 0 saturated carbocycles. The molecule has 0 aliphatic carbocycles. The van der Waals surface area contributed by atoms with E-state index in [1.807, 2.05) is 44.2 Å². The lowest BCUT2D eigenvalue weighted by molar-refractivity contribution is 0.240. The van der Waals surface area contributed by atoms with Crippen molar-refractivity contribution >= 4 is 20.8 Å². The molecule has 0 saturated heterocycles. The van der Waals surface area contributed by atoms with Gasteiger partial charge in [-0.2, -0.15) is 4.31 Å². The fourth-order valence-corrected chi connectivity index (χ4v) is 4.15. The zero-order chi connectivity index (χ0) is 15.7. The zero-order valence-electron chi connectivity index (χ0n) is 12.7. The molecule has 0 spiro atoms. The van der Waals surface area contributed by atoms with E-state index in [4.69, 9.17) is 5.73 Å². The molecule has 5 heteroatoms. The minimum absolute atomic E-state index is 0.282. The van der Waals surface area contributed by atoms with Crippen LogP contribution in [0, 0.1) is 0 Å². The number of hydrogen-bond acceptors (Lipinski definition) is 3. The predicted octanol–water partition coefficient (Wildman–Crippen LogP) is 2.59. The Balaban J connectivity index is 2.62. The van der Waals surface area contributed by atoms with Gasteiger partial charge in [-0.15, -0.1) is 0 Å². The summed E-state index contributed by atoms with van der Waals surface area (Å²) in [6, 6.07) is 12.8. The Morgan fingerprint density at radius 1 is 1.14 bits per heavy atom. The average Bonchev–Trinajstić information content (AvgIpc) is 2.52. The van der Waals surface area contributed by atoms with Crippen LogP contribution in [-0.4, -0.2) is 31.9 Å². The summed E-state index contributed by atoms with van der Waals surface area (Å²) in [7, 11) is -1.99. The van der Waals surface area contributed by atoms with E-state index in [0.29, 0.717) is 11.3 Å². The van der Waals surface area contributed by atoms with Gasteiger partial charge in [0.05, 0.1) is 4.90 Å². The second-order valence-corrected chi connectivity index (χ2v) is 7.44. The van der Waals surface area contributed by atoms with Gasteiger partial charge in [-0.3, -0.25) is 0 Å². The van der Waals surface area contributed by atoms with Gasteiger partial charge in [-0.25, -0.2) is 8.42 Å². The number of rotatable bonds is 5. The van der Waals surface area contributed by atoms with Crippen LogP contribution in [-0.2, 0) is 10.0 Å². The van der Waals surface area contributed by atoms with Crippen molar-refractivity contribution in [3.8, 4) is 0 Å². The minimum Gasteiger partial charge on any atom is -0.329 e. The Bertz CT molecular complexity index is 732. The van der Waals surface area contributed by atoms with E-state index in [0.717, 1.165) is 10.8 Å². The molecule has 2 N–H and O–H groups in total. The van der Waals surface area contributed by atoms with Gasteiger partial charge in [0, 0.05) is 24.5 Å². The van der Waals surface area contributed by atoms with E-state index < -0.39 is 15.6 Å². The molecule has 0 radical (unpaired) electrons. The Labute approximate surface area is 126 Å². The van der Waals surface area contributed by atoms with Gasteiger partial charge in [0.2, 0.25) is 10.0 Å². The highest BCUT2D eigenvalue weighted by Crippen LogP contribution is 2.29. The maximum absolute atomic E-state index is 13.0. The molecule has 2 rings (SSSR count). The van der Waals surface area contributed by atoms with Crippen molar-refractivity contribution in [2.45, 2.75) is 30.7 Å². The summed E-state index contributed by atoms with van der Waals surface area (Å²) in [5.74, 6) is 0. The third-order valence-electron chi connectivity index (χ3n) is 4.35. The molecular formula is C16H22N2O2S. The van der Waals surface area contributed by atoms with Crippen LogP contribution >= 0.6 is 0 Å². The normalized spacial score (nSPS) is 15.3. The summed E-state index contributed by atoms with van der Waals surface area (Å²) in [6.45, 7) is 4.10. The van der Waals surface area contributed by atoms with Gasteiger partial charge >= 0.3 is 0 Å². The molecular weight excluding hydrogens is 284 g/mol. The second kappa shape index (κ2) is 5.75. The van der Waals surface area contributed by atoms with Gasteiger partial charge in [0.1, 0.15) is 0 Å². The number of hydrogen-bond donors (Lipinski definition) is 1. The van der Waals surface area contributed by atoms with Crippen molar-refractivity contribution in [2.24, 2.45) is 5.73 Å². The van der Waals surface area contributed by atoms with Gasteiger partial charge in [0.25, 0.3) is 0 Å². The van der Waals surface area contributed by atoms with Gasteiger partial charge in [-0.05, 0) is 24.8 Å². The lowest BCUT2D eigenvalue weighted by atomic mass is 10.00. The van der Waals surface area contributed by atoms with Crippen LogP contribution in [0.5, 0.6) is 0 Å². The summed E-state index contributed by atoms with van der Waals surface area (Å²) < 4.78 is 27.4. The summed E-state index contributed by atoms with van der Waals surface area (Å²) in [5, 5.41) is 1.65. The molecule has 0 heterocycles. The first-order chi connectivity index (χ1) is 9.86. The van der Waals surface area contributed by atoms with Crippen molar-refractivity contribution in [3.63, 3.8) is 0 Å². The molecule has 0 aromatic heterocycles. The largest absolute Gasteiger partial charge is 0.329 e. The van der Waals surface area contributed by atoms with Crippen LogP contribution in [0.25, 0.3) is 10.8 Å². The fraction of sp³-hybridized carbons (Fsp3) is 0.375. The van der Waals surface area contributed by atoms with Crippen molar-refractivity contribution in [1.29, 1.82) is 0 Å². The number of nitrogens with zero attached hydrogens (tertiary/aromatic N) is 1. The summed E-state index contributed by atoms with van der Waals surface area (Å²) in [6.07, 6.45) is 0.657. The number of fused-ring (bicyclic) bond motifs is 1. The maximum Gasteiger partial charge on any atom is 0.243 e. The topological polar surface area (TPSA) is 63.4 Å². The van der Waals surface area contributed by atoms with E-state index in [2.05, 4.69) is 0 Å². The molecule has 2 aromatic carbocycles. The quantitative estimate of drug-likeness (QED) is 0.923. The molecule has 4 nitrogen and oxygen atoms in total. The van der Waals surface area contributed by atoms with Crippen LogP contribution in [0.4, 0.5) is 0 Å². The van der Waals surface area contributed by atoms with Crippen LogP contribution in [0.15, 0.2) is 47.4 Å². The highest BCUT2D eigenvalue weighted by Gasteiger charge is 2.36. The number of benzene rings is 2. The van der Waals surface area contributed by atoms with Crippen LogP contribution < -0.4 is 5.73 Å². The number of nitrogens with two attached hydrogens (primary N) is 1. The first-order valence-electron chi connectivity index (χ1n) is 7.03. The molecule has 1 unspecified atom stereocenters. The SMILES string of the molecule is CCC(C)(CN)N(C)S(=O)(=O)c1cccc2ccccc12. The molecule has 1 atom stereocenters. The molecule has 0 aliphatic rings. The molecule has 0 bridgehead atoms. The first-order valence-corrected chi connectivity index (χ1v) is 8.47. The van der Waals surface area contributed by atoms with E-state index in [1.165, 1.54) is 4.31 Å². The lowest BCUT2D eigenvalue weighted by Gasteiger charge is -2.36. The predicted molar refractivity (Wildman–Crippen MR) is 86.6 cm³/mol. The maximum atomic E-state index is 13.0. The Kier molecular flexibility index (Phi) is 4.37. The van der Waals surface area contributed by atoms with Crippen molar-refractivity contribution in [1.82, 2.24) is 4.31 Å². The summed E-state index contributed by atoms with van der Waals surface area (Å²) >= 11 is 0. The lowest BCUT2D eigenvalue weighted by Crippen LogP contribution is -2.51. The van der Waals surface area contributed by atoms with Gasteiger partial charge in [0.15, 0.2) is 0 Å². The monoisotopic (exact) mass is 306 g/mol. The molecule has 0 fully saturated rings. The van der Waals surface area contributed by atoms with E-state index >= 15 is 0 Å². The average molecular weight is 306 g/mol. The Morgan fingerprint density at radius 2 is 1.76 bits per heavy atom. The molecule has 0 amide bonds. The smallest absolute Gasteiger partial charge is 0.243 e. The van der Waals surface area contributed by atoms with Crippen LogP contribution in [0.2, 0.25) is 0 Å². The summed E-state index contributed by atoms with van der Waals surface area (Å²) in [5.41, 5.74) is 5.21. The highest BCUT2D eigenvalue weighted by molar-refractivity contribution is 7.89. The highest BCUT2D eigenvalue weighted by atomic mass is 32.2. The first kappa shape index (κ1) is 15.9.